The van der Waals surface area contributed by atoms with Crippen LogP contribution in [-0.4, -0.2) is 28.6 Å². The average Bonchev–Trinajstić information content (AvgIpc) is 2.22. The molecule has 0 spiro atoms. The maximum atomic E-state index is 10.8. The van der Waals surface area contributed by atoms with Gasteiger partial charge in [-0.2, -0.15) is 0 Å². The number of nitro benzene ring substituents is 1. The molecule has 0 aliphatic carbocycles. The Labute approximate surface area is 94.7 Å². The van der Waals surface area contributed by atoms with E-state index in [4.69, 9.17) is 16.8 Å². The van der Waals surface area contributed by atoms with Crippen LogP contribution in [0.15, 0.2) is 11.2 Å². The lowest BCUT2D eigenvalue weighted by molar-refractivity contribution is -0.386. The first-order chi connectivity index (χ1) is 7.52. The fraction of sp³-hybridized carbons (Fsp3) is 0.125. The number of benzene rings is 1. The Morgan fingerprint density at radius 1 is 1.69 bits per heavy atom. The molecule has 1 aromatic rings. The van der Waals surface area contributed by atoms with Crippen molar-refractivity contribution < 1.29 is 20.0 Å². The van der Waals surface area contributed by atoms with Crippen LogP contribution in [0.2, 0.25) is 5.02 Å². The zero-order valence-corrected chi connectivity index (χ0v) is 8.80. The lowest BCUT2D eigenvalue weighted by Crippen LogP contribution is -1.99. The molecule has 0 bridgehead atoms. The fourth-order valence-electron chi connectivity index (χ4n) is 1.17. The van der Waals surface area contributed by atoms with Crippen LogP contribution in [0.3, 0.4) is 0 Å². The number of phenolic OH excluding ortho intramolecular Hbond substituents is 1. The summed E-state index contributed by atoms with van der Waals surface area (Å²) >= 11 is 5.61. The quantitative estimate of drug-likeness (QED) is 0.366. The highest BCUT2D eigenvalue weighted by Gasteiger charge is 2.26. The van der Waals surface area contributed by atoms with Crippen molar-refractivity contribution in [3.63, 3.8) is 0 Å². The highest BCUT2D eigenvalue weighted by atomic mass is 35.5. The normalized spacial score (nSPS) is 10.6. The fourth-order valence-corrected chi connectivity index (χ4v) is 1.37. The summed E-state index contributed by atoms with van der Waals surface area (Å²) in [5.41, 5.74) is -0.602. The van der Waals surface area contributed by atoms with Crippen LogP contribution in [0, 0.1) is 10.1 Å². The van der Waals surface area contributed by atoms with E-state index in [0.717, 1.165) is 19.4 Å². The molecule has 7 nitrogen and oxygen atoms in total. The molecule has 0 aliphatic rings. The molecule has 1 aromatic carbocycles. The molecule has 0 saturated carbocycles. The van der Waals surface area contributed by atoms with Gasteiger partial charge in [0.1, 0.15) is 0 Å². The molecule has 0 fully saturated rings. The summed E-state index contributed by atoms with van der Waals surface area (Å²) in [4.78, 5) is 10.00. The minimum Gasteiger partial charge on any atom is -0.503 e. The van der Waals surface area contributed by atoms with Crippen molar-refractivity contribution in [3.05, 3.63) is 26.8 Å². The Bertz CT molecular complexity index is 460. The second-order valence-corrected chi connectivity index (χ2v) is 3.09. The Balaban J connectivity index is 3.62. The number of methoxy groups -OCH3 is 1. The predicted octanol–water partition coefficient (Wildman–Crippen LogP) is 1.77. The van der Waals surface area contributed by atoms with Gasteiger partial charge >= 0.3 is 5.69 Å². The number of rotatable bonds is 3. The molecular formula is C8H7ClN2O5. The third-order valence-electron chi connectivity index (χ3n) is 1.80. The average molecular weight is 247 g/mol. The van der Waals surface area contributed by atoms with E-state index in [1.54, 1.807) is 0 Å². The number of oxime groups is 1. The molecule has 0 radical (unpaired) electrons. The highest BCUT2D eigenvalue weighted by molar-refractivity contribution is 6.32. The molecule has 0 saturated heterocycles. The number of hydrogen-bond acceptors (Lipinski definition) is 6. The monoisotopic (exact) mass is 246 g/mol. The second-order valence-electron chi connectivity index (χ2n) is 2.68. The number of halogens is 1. The van der Waals surface area contributed by atoms with E-state index in [1.807, 2.05) is 0 Å². The van der Waals surface area contributed by atoms with Crippen LogP contribution in [-0.2, 0) is 0 Å². The van der Waals surface area contributed by atoms with E-state index in [1.165, 1.54) is 0 Å². The molecule has 0 amide bonds. The Morgan fingerprint density at radius 2 is 2.31 bits per heavy atom. The molecule has 0 unspecified atom stereocenters. The predicted molar refractivity (Wildman–Crippen MR) is 55.7 cm³/mol. The molecule has 16 heavy (non-hydrogen) atoms. The van der Waals surface area contributed by atoms with Gasteiger partial charge in [0.05, 0.1) is 28.8 Å². The smallest absolute Gasteiger partial charge is 0.323 e. The minimum absolute atomic E-state index is 0.0767. The van der Waals surface area contributed by atoms with Gasteiger partial charge in [-0.25, -0.2) is 0 Å². The van der Waals surface area contributed by atoms with Gasteiger partial charge in [-0.15, -0.1) is 0 Å². The standard InChI is InChI=1S/C8H7ClN2O5/c1-16-8-6(11(14)15)4(3-10-13)2-5(9)7(8)12/h2-3,12-13H,1H3/b10-3+. The largest absolute Gasteiger partial charge is 0.503 e. The first kappa shape index (κ1) is 12.1. The zero-order chi connectivity index (χ0) is 12.3. The Kier molecular flexibility index (Phi) is 3.51. The summed E-state index contributed by atoms with van der Waals surface area (Å²) in [5.74, 6) is -0.918. The van der Waals surface area contributed by atoms with Crippen LogP contribution in [0.1, 0.15) is 5.56 Å². The van der Waals surface area contributed by atoms with E-state index >= 15 is 0 Å². The highest BCUT2D eigenvalue weighted by Crippen LogP contribution is 2.43. The van der Waals surface area contributed by atoms with Crippen LogP contribution >= 0.6 is 11.6 Å². The summed E-state index contributed by atoms with van der Waals surface area (Å²) in [7, 11) is 1.15. The first-order valence-corrected chi connectivity index (χ1v) is 4.32. The first-order valence-electron chi connectivity index (χ1n) is 3.94. The maximum Gasteiger partial charge on any atom is 0.323 e. The lowest BCUT2D eigenvalue weighted by Gasteiger charge is -2.07. The number of ether oxygens (including phenoxy) is 1. The van der Waals surface area contributed by atoms with Crippen LogP contribution in [0.25, 0.3) is 0 Å². The molecule has 0 aromatic heterocycles. The number of nitrogens with zero attached hydrogens (tertiary/aromatic N) is 2. The molecule has 86 valence electrons. The SMILES string of the molecule is COc1c(O)c(Cl)cc(/C=N/O)c1[N+](=O)[O-]. The summed E-state index contributed by atoms with van der Waals surface area (Å²) in [6.45, 7) is 0. The van der Waals surface area contributed by atoms with Crippen molar-refractivity contribution in [3.8, 4) is 11.5 Å². The summed E-state index contributed by atoms with van der Waals surface area (Å²) in [6.07, 6.45) is 0.825. The van der Waals surface area contributed by atoms with Gasteiger partial charge in [0.15, 0.2) is 5.75 Å². The molecule has 0 aliphatic heterocycles. The van der Waals surface area contributed by atoms with Crippen molar-refractivity contribution in [1.29, 1.82) is 0 Å². The second kappa shape index (κ2) is 4.67. The lowest BCUT2D eigenvalue weighted by atomic mass is 10.1. The topological polar surface area (TPSA) is 105 Å². The Hall–Kier alpha value is -2.02. The van der Waals surface area contributed by atoms with E-state index in [0.29, 0.717) is 0 Å². The van der Waals surface area contributed by atoms with Crippen molar-refractivity contribution in [2.24, 2.45) is 5.16 Å². The van der Waals surface area contributed by atoms with E-state index in [2.05, 4.69) is 9.89 Å². The van der Waals surface area contributed by atoms with Crippen molar-refractivity contribution in [1.82, 2.24) is 0 Å². The molecule has 0 atom stereocenters. The number of hydrogen-bond donors (Lipinski definition) is 2. The van der Waals surface area contributed by atoms with Crippen LogP contribution in [0.5, 0.6) is 11.5 Å². The summed E-state index contributed by atoms with van der Waals surface area (Å²) in [6, 6.07) is 1.09. The zero-order valence-electron chi connectivity index (χ0n) is 8.05. The summed E-state index contributed by atoms with van der Waals surface area (Å²) in [5, 5.41) is 31.1. The molecular weight excluding hydrogens is 240 g/mol. The molecule has 0 heterocycles. The van der Waals surface area contributed by atoms with E-state index < -0.39 is 16.4 Å². The van der Waals surface area contributed by atoms with Crippen LogP contribution in [0.4, 0.5) is 5.69 Å². The maximum absolute atomic E-state index is 10.8. The van der Waals surface area contributed by atoms with Gasteiger partial charge in [0.2, 0.25) is 5.75 Å². The van der Waals surface area contributed by atoms with E-state index in [9.17, 15) is 15.2 Å². The van der Waals surface area contributed by atoms with Crippen LogP contribution < -0.4 is 4.74 Å². The Morgan fingerprint density at radius 3 is 2.75 bits per heavy atom. The van der Waals surface area contributed by atoms with Crippen molar-refractivity contribution in [2.75, 3.05) is 7.11 Å². The third kappa shape index (κ3) is 1.98. The van der Waals surface area contributed by atoms with Gasteiger partial charge in [0.25, 0.3) is 0 Å². The van der Waals surface area contributed by atoms with Gasteiger partial charge in [-0.1, -0.05) is 16.8 Å². The van der Waals surface area contributed by atoms with E-state index in [-0.39, 0.29) is 16.3 Å². The van der Waals surface area contributed by atoms with Gasteiger partial charge in [-0.05, 0) is 6.07 Å². The van der Waals surface area contributed by atoms with Gasteiger partial charge in [0, 0.05) is 0 Å². The number of phenols is 1. The molecule has 1 rings (SSSR count). The van der Waals surface area contributed by atoms with Gasteiger partial charge < -0.3 is 15.1 Å². The molecule has 2 N–H and O–H groups in total. The number of nitro groups is 1. The summed E-state index contributed by atoms with van der Waals surface area (Å²) < 4.78 is 4.69. The van der Waals surface area contributed by atoms with Crippen molar-refractivity contribution in [2.45, 2.75) is 0 Å². The number of aromatic hydroxyl groups is 1. The molecule has 8 heteroatoms. The third-order valence-corrected chi connectivity index (χ3v) is 2.08. The minimum atomic E-state index is -0.772. The van der Waals surface area contributed by atoms with Crippen molar-refractivity contribution >= 4 is 23.5 Å². The van der Waals surface area contributed by atoms with Gasteiger partial charge in [-0.3, -0.25) is 10.1 Å².